The van der Waals surface area contributed by atoms with Crippen molar-refractivity contribution >= 4 is 0 Å². The summed E-state index contributed by atoms with van der Waals surface area (Å²) in [4.78, 5) is 5.14. The number of hydrogen-bond donors (Lipinski definition) is 0. The lowest BCUT2D eigenvalue weighted by atomic mass is 10.0. The van der Waals surface area contributed by atoms with Gasteiger partial charge in [0.05, 0.1) is 0 Å². The van der Waals surface area contributed by atoms with Crippen molar-refractivity contribution in [2.24, 2.45) is 0 Å². The highest BCUT2D eigenvalue weighted by atomic mass is 15.3. The van der Waals surface area contributed by atoms with E-state index in [2.05, 4.69) is 44.4 Å². The summed E-state index contributed by atoms with van der Waals surface area (Å²) in [6, 6.07) is 0.702. The summed E-state index contributed by atoms with van der Waals surface area (Å²) in [5.41, 5.74) is 0.333. The van der Waals surface area contributed by atoms with E-state index in [0.717, 1.165) is 0 Å². The number of hydrogen-bond acceptors (Lipinski definition) is 2. The molecule has 0 N–H and O–H groups in total. The van der Waals surface area contributed by atoms with Gasteiger partial charge in [-0.1, -0.05) is 6.92 Å². The molecular weight excluding hydrogens is 160 g/mol. The van der Waals surface area contributed by atoms with Crippen LogP contribution in [0, 0.1) is 0 Å². The summed E-state index contributed by atoms with van der Waals surface area (Å²) < 4.78 is 0. The van der Waals surface area contributed by atoms with Crippen molar-refractivity contribution in [2.45, 2.75) is 46.2 Å². The summed E-state index contributed by atoms with van der Waals surface area (Å²) in [5.74, 6) is 0. The zero-order valence-electron chi connectivity index (χ0n) is 9.80. The zero-order chi connectivity index (χ0) is 10.1. The van der Waals surface area contributed by atoms with Crippen molar-refractivity contribution in [1.29, 1.82) is 0 Å². The fraction of sp³-hybridized carbons (Fsp3) is 1.00. The average molecular weight is 184 g/mol. The van der Waals surface area contributed by atoms with E-state index in [1.165, 1.54) is 26.2 Å². The van der Waals surface area contributed by atoms with Crippen molar-refractivity contribution in [2.75, 3.05) is 26.2 Å². The monoisotopic (exact) mass is 184 g/mol. The van der Waals surface area contributed by atoms with Gasteiger partial charge in [-0.3, -0.25) is 4.90 Å². The molecular formula is C11H24N2. The summed E-state index contributed by atoms with van der Waals surface area (Å²) in [6.07, 6.45) is 0. The topological polar surface area (TPSA) is 6.48 Å². The molecule has 0 aromatic rings. The second-order valence-corrected chi connectivity index (χ2v) is 5.11. The number of piperazine rings is 1. The molecule has 1 rings (SSSR count). The van der Waals surface area contributed by atoms with Crippen LogP contribution in [0.5, 0.6) is 0 Å². The summed E-state index contributed by atoms with van der Waals surface area (Å²) in [7, 11) is 0. The van der Waals surface area contributed by atoms with E-state index in [-0.39, 0.29) is 0 Å². The Balaban J connectivity index is 2.53. The molecule has 0 unspecified atom stereocenters. The first kappa shape index (κ1) is 11.0. The van der Waals surface area contributed by atoms with Crippen molar-refractivity contribution < 1.29 is 0 Å². The minimum Gasteiger partial charge on any atom is -0.301 e. The minimum atomic E-state index is 0.333. The smallest absolute Gasteiger partial charge is 0.0200 e. The van der Waals surface area contributed by atoms with E-state index < -0.39 is 0 Å². The molecule has 13 heavy (non-hydrogen) atoms. The van der Waals surface area contributed by atoms with Crippen LogP contribution < -0.4 is 0 Å². The molecule has 2 nitrogen and oxygen atoms in total. The highest BCUT2D eigenvalue weighted by Crippen LogP contribution is 2.20. The van der Waals surface area contributed by atoms with Crippen molar-refractivity contribution in [3.63, 3.8) is 0 Å². The van der Waals surface area contributed by atoms with Crippen LogP contribution in [-0.2, 0) is 0 Å². The third-order valence-corrected chi connectivity index (χ3v) is 3.02. The Hall–Kier alpha value is -0.0800. The second kappa shape index (κ2) is 3.97. The molecule has 2 heteroatoms. The first-order valence-electron chi connectivity index (χ1n) is 5.44. The molecule has 0 saturated carbocycles. The maximum atomic E-state index is 2.61. The molecule has 1 aliphatic rings. The maximum Gasteiger partial charge on any atom is 0.0200 e. The SMILES string of the molecule is CCN1CCN(C(C)(C)C)[C@@H](C)C1. The molecule has 1 saturated heterocycles. The van der Waals surface area contributed by atoms with E-state index in [9.17, 15) is 0 Å². The predicted molar refractivity (Wildman–Crippen MR) is 58.0 cm³/mol. The van der Waals surface area contributed by atoms with E-state index in [1.807, 2.05) is 0 Å². The van der Waals surface area contributed by atoms with Crippen LogP contribution in [0.4, 0.5) is 0 Å². The summed E-state index contributed by atoms with van der Waals surface area (Å²) >= 11 is 0. The second-order valence-electron chi connectivity index (χ2n) is 5.11. The molecule has 1 heterocycles. The highest BCUT2D eigenvalue weighted by Gasteiger charge is 2.30. The predicted octanol–water partition coefficient (Wildman–Crippen LogP) is 1.81. The number of rotatable bonds is 1. The van der Waals surface area contributed by atoms with Gasteiger partial charge < -0.3 is 4.90 Å². The third kappa shape index (κ3) is 2.68. The molecule has 0 aromatic heterocycles. The number of likely N-dealkylation sites (N-methyl/N-ethyl adjacent to an activating group) is 1. The van der Waals surface area contributed by atoms with Crippen LogP contribution in [0.15, 0.2) is 0 Å². The quantitative estimate of drug-likeness (QED) is 0.613. The lowest BCUT2D eigenvalue weighted by Gasteiger charge is -2.46. The lowest BCUT2D eigenvalue weighted by Crippen LogP contribution is -2.58. The van der Waals surface area contributed by atoms with E-state index >= 15 is 0 Å². The van der Waals surface area contributed by atoms with Gasteiger partial charge in [-0.05, 0) is 34.2 Å². The van der Waals surface area contributed by atoms with E-state index in [4.69, 9.17) is 0 Å². The standard InChI is InChI=1S/C11H24N2/c1-6-12-7-8-13(10(2)9-12)11(3,4)5/h10H,6-9H2,1-5H3/t10-/m0/s1. The van der Waals surface area contributed by atoms with Crippen LogP contribution in [-0.4, -0.2) is 47.6 Å². The molecule has 0 bridgehead atoms. The molecule has 0 spiro atoms. The van der Waals surface area contributed by atoms with Gasteiger partial charge in [0.15, 0.2) is 0 Å². The van der Waals surface area contributed by atoms with Gasteiger partial charge >= 0.3 is 0 Å². The Bertz CT molecular complexity index is 160. The normalized spacial score (nSPS) is 27.9. The van der Waals surface area contributed by atoms with Gasteiger partial charge in [0.1, 0.15) is 0 Å². The van der Waals surface area contributed by atoms with Gasteiger partial charge in [-0.15, -0.1) is 0 Å². The molecule has 0 amide bonds. The van der Waals surface area contributed by atoms with Gasteiger partial charge in [0.2, 0.25) is 0 Å². The summed E-state index contributed by atoms with van der Waals surface area (Å²) in [6.45, 7) is 16.4. The Labute approximate surface area is 82.9 Å². The van der Waals surface area contributed by atoms with Crippen LogP contribution in [0.3, 0.4) is 0 Å². The molecule has 0 radical (unpaired) electrons. The van der Waals surface area contributed by atoms with Crippen LogP contribution >= 0.6 is 0 Å². The van der Waals surface area contributed by atoms with Crippen LogP contribution in [0.25, 0.3) is 0 Å². The zero-order valence-corrected chi connectivity index (χ0v) is 9.80. The van der Waals surface area contributed by atoms with E-state index in [1.54, 1.807) is 0 Å². The van der Waals surface area contributed by atoms with Gasteiger partial charge in [0, 0.05) is 31.2 Å². The summed E-state index contributed by atoms with van der Waals surface area (Å²) in [5, 5.41) is 0. The van der Waals surface area contributed by atoms with Crippen molar-refractivity contribution in [3.8, 4) is 0 Å². The largest absolute Gasteiger partial charge is 0.301 e. The van der Waals surface area contributed by atoms with Gasteiger partial charge in [0.25, 0.3) is 0 Å². The van der Waals surface area contributed by atoms with Crippen molar-refractivity contribution in [3.05, 3.63) is 0 Å². The number of nitrogens with zero attached hydrogens (tertiary/aromatic N) is 2. The van der Waals surface area contributed by atoms with Gasteiger partial charge in [-0.2, -0.15) is 0 Å². The minimum absolute atomic E-state index is 0.333. The lowest BCUT2D eigenvalue weighted by molar-refractivity contribution is 0.0201. The van der Waals surface area contributed by atoms with E-state index in [0.29, 0.717) is 11.6 Å². The molecule has 1 atom stereocenters. The van der Waals surface area contributed by atoms with Gasteiger partial charge in [-0.25, -0.2) is 0 Å². The first-order chi connectivity index (χ1) is 5.95. The average Bonchev–Trinajstić information content (AvgIpc) is 2.01. The fourth-order valence-corrected chi connectivity index (χ4v) is 2.32. The Morgan fingerprint density at radius 3 is 2.23 bits per heavy atom. The van der Waals surface area contributed by atoms with Crippen LogP contribution in [0.1, 0.15) is 34.6 Å². The Kier molecular flexibility index (Phi) is 3.36. The molecule has 1 fully saturated rings. The Morgan fingerprint density at radius 2 is 1.85 bits per heavy atom. The highest BCUT2D eigenvalue weighted by molar-refractivity contribution is 4.86. The molecule has 1 aliphatic heterocycles. The maximum absolute atomic E-state index is 2.61. The molecule has 0 aromatic carbocycles. The first-order valence-corrected chi connectivity index (χ1v) is 5.44. The van der Waals surface area contributed by atoms with Crippen molar-refractivity contribution in [1.82, 2.24) is 9.80 Å². The molecule has 0 aliphatic carbocycles. The molecule has 78 valence electrons. The fourth-order valence-electron chi connectivity index (χ4n) is 2.32. The Morgan fingerprint density at radius 1 is 1.23 bits per heavy atom. The van der Waals surface area contributed by atoms with Crippen LogP contribution in [0.2, 0.25) is 0 Å². The third-order valence-electron chi connectivity index (χ3n) is 3.02.